The minimum atomic E-state index is -0.366. The van der Waals surface area contributed by atoms with Crippen LogP contribution in [-0.2, 0) is 0 Å². The molecule has 31 valence electrons. The second-order valence-electron chi connectivity index (χ2n) is 1.06. The van der Waals surface area contributed by atoms with Gasteiger partial charge >= 0.3 is 0 Å². The maximum atomic E-state index is 8.25. The Bertz CT molecular complexity index is 17.6. The molecule has 1 atom stereocenters. The van der Waals surface area contributed by atoms with E-state index < -0.39 is 0 Å². The van der Waals surface area contributed by atoms with Crippen molar-refractivity contribution in [2.24, 2.45) is 0 Å². The lowest BCUT2D eigenvalue weighted by atomic mass is 10.3. The second-order valence-corrected chi connectivity index (χ2v) is 1.06. The van der Waals surface area contributed by atoms with Gasteiger partial charge in [0, 0.05) is 0 Å². The van der Waals surface area contributed by atoms with Crippen molar-refractivity contribution in [1.82, 2.24) is 0 Å². The summed E-state index contributed by atoms with van der Waals surface area (Å²) in [5.41, 5.74) is 0. The van der Waals surface area contributed by atoms with Crippen LogP contribution in [0.4, 0.5) is 0 Å². The van der Waals surface area contributed by atoms with Crippen LogP contribution in [0.1, 0.15) is 13.3 Å². The molecule has 0 aromatic heterocycles. The molecule has 0 aromatic carbocycles. The molecule has 1 heteroatoms. The van der Waals surface area contributed by atoms with Gasteiger partial charge in [0.25, 0.3) is 0 Å². The fourth-order valence-electron chi connectivity index (χ4n) is 0. The van der Waals surface area contributed by atoms with E-state index in [-0.39, 0.29) is 6.10 Å². The number of aliphatic hydroxyl groups is 1. The van der Waals surface area contributed by atoms with Crippen molar-refractivity contribution in [2.45, 2.75) is 19.4 Å². The monoisotopic (exact) mass is 73.1 g/mol. The highest BCUT2D eigenvalue weighted by Gasteiger charge is 1.82. The molecule has 0 amide bonds. The zero-order valence-electron chi connectivity index (χ0n) is 3.44. The quantitative estimate of drug-likeness (QED) is 0.481. The summed E-state index contributed by atoms with van der Waals surface area (Å²) in [4.78, 5) is 0. The van der Waals surface area contributed by atoms with E-state index in [4.69, 9.17) is 5.11 Å². The summed E-state index contributed by atoms with van der Waals surface area (Å²) >= 11 is 0. The predicted octanol–water partition coefficient (Wildman–Crippen LogP) is 0.591. The van der Waals surface area contributed by atoms with Crippen LogP contribution >= 0.6 is 0 Å². The first kappa shape index (κ1) is 4.96. The normalized spacial score (nSPS) is 15.0. The summed E-state index contributed by atoms with van der Waals surface area (Å²) in [7, 11) is 0. The molecule has 0 saturated heterocycles. The molecule has 5 heavy (non-hydrogen) atoms. The Balaban J connectivity index is 2.54. The summed E-state index contributed by atoms with van der Waals surface area (Å²) in [6.45, 7) is 5.20. The molecule has 1 nitrogen and oxygen atoms in total. The second kappa shape index (κ2) is 2.21. The number of rotatable bonds is 1. The highest BCUT2D eigenvalue weighted by atomic mass is 16.3. The molecule has 0 aliphatic rings. The molecule has 0 unspecified atom stereocenters. The van der Waals surface area contributed by atoms with Crippen molar-refractivity contribution in [2.75, 3.05) is 0 Å². The third-order valence-corrected chi connectivity index (χ3v) is 0.471. The van der Waals surface area contributed by atoms with E-state index in [1.54, 1.807) is 0 Å². The number of hydrogen-bond donors (Lipinski definition) is 1. The van der Waals surface area contributed by atoms with Crippen LogP contribution in [0.2, 0.25) is 0 Å². The van der Waals surface area contributed by atoms with Gasteiger partial charge in [-0.1, -0.05) is 6.92 Å². The third kappa shape index (κ3) is 3.96. The average molecular weight is 73.1 g/mol. The van der Waals surface area contributed by atoms with Gasteiger partial charge in [-0.3, -0.25) is 0 Å². The summed E-state index contributed by atoms with van der Waals surface area (Å²) < 4.78 is 0. The Hall–Kier alpha value is -0.0400. The molecular weight excluding hydrogens is 64.0 g/mol. The lowest BCUT2D eigenvalue weighted by Gasteiger charge is -1.90. The topological polar surface area (TPSA) is 20.2 Å². The van der Waals surface area contributed by atoms with Crippen molar-refractivity contribution in [1.29, 1.82) is 0 Å². The van der Waals surface area contributed by atoms with Crippen molar-refractivity contribution in [3.8, 4) is 0 Å². The molecule has 0 aliphatic carbocycles. The first-order valence-electron chi connectivity index (χ1n) is 1.78. The summed E-state index contributed by atoms with van der Waals surface area (Å²) in [5, 5.41) is 8.25. The standard InChI is InChI=1S/C4H9O/c1-3-4(2)5/h4-5H,2-3H2,1H3/t4-/m1/s1. The lowest BCUT2D eigenvalue weighted by Crippen LogP contribution is -1.93. The maximum Gasteiger partial charge on any atom is 0.0538 e. The molecule has 1 radical (unpaired) electrons. The Morgan fingerprint density at radius 2 is 2.20 bits per heavy atom. The Morgan fingerprint density at radius 3 is 2.20 bits per heavy atom. The molecule has 0 rings (SSSR count). The average Bonchev–Trinajstić information content (AvgIpc) is 1.38. The van der Waals surface area contributed by atoms with Gasteiger partial charge in [0.1, 0.15) is 0 Å². The molecular formula is C4H9O. The van der Waals surface area contributed by atoms with E-state index in [9.17, 15) is 0 Å². The third-order valence-electron chi connectivity index (χ3n) is 0.471. The smallest absolute Gasteiger partial charge is 0.0538 e. The van der Waals surface area contributed by atoms with E-state index in [1.165, 1.54) is 0 Å². The van der Waals surface area contributed by atoms with Gasteiger partial charge in [-0.15, -0.1) is 0 Å². The first-order chi connectivity index (χ1) is 2.27. The van der Waals surface area contributed by atoms with Crippen LogP contribution in [-0.4, -0.2) is 11.2 Å². The van der Waals surface area contributed by atoms with Crippen molar-refractivity contribution < 1.29 is 5.11 Å². The van der Waals surface area contributed by atoms with Gasteiger partial charge in [0.2, 0.25) is 0 Å². The van der Waals surface area contributed by atoms with Crippen molar-refractivity contribution >= 4 is 0 Å². The van der Waals surface area contributed by atoms with E-state index >= 15 is 0 Å². The van der Waals surface area contributed by atoms with E-state index in [1.807, 2.05) is 6.92 Å². The largest absolute Gasteiger partial charge is 0.393 e. The Labute approximate surface area is 32.6 Å². The molecule has 1 N–H and O–H groups in total. The SMILES string of the molecule is [CH2][C@@H](O)CC. The highest BCUT2D eigenvalue weighted by Crippen LogP contribution is 1.80. The van der Waals surface area contributed by atoms with Gasteiger partial charge in [-0.05, 0) is 13.3 Å². The highest BCUT2D eigenvalue weighted by molar-refractivity contribution is 4.49. The van der Waals surface area contributed by atoms with Gasteiger partial charge < -0.3 is 5.11 Å². The molecule has 0 spiro atoms. The van der Waals surface area contributed by atoms with Crippen LogP contribution in [0, 0.1) is 6.92 Å². The molecule has 0 fully saturated rings. The predicted molar refractivity (Wildman–Crippen MR) is 21.7 cm³/mol. The van der Waals surface area contributed by atoms with Gasteiger partial charge in [-0.2, -0.15) is 0 Å². The maximum absolute atomic E-state index is 8.25. The van der Waals surface area contributed by atoms with Crippen molar-refractivity contribution in [3.63, 3.8) is 0 Å². The first-order valence-corrected chi connectivity index (χ1v) is 1.78. The van der Waals surface area contributed by atoms with Crippen LogP contribution in [0.25, 0.3) is 0 Å². The minimum Gasteiger partial charge on any atom is -0.393 e. The number of aliphatic hydroxyl groups excluding tert-OH is 1. The van der Waals surface area contributed by atoms with Gasteiger partial charge in [0.15, 0.2) is 0 Å². The molecule has 0 aliphatic heterocycles. The van der Waals surface area contributed by atoms with E-state index in [0.29, 0.717) is 0 Å². The molecule has 0 heterocycles. The zero-order chi connectivity index (χ0) is 4.28. The summed E-state index contributed by atoms with van der Waals surface area (Å²) in [6.07, 6.45) is 0.384. The van der Waals surface area contributed by atoms with Gasteiger partial charge in [-0.25, -0.2) is 0 Å². The van der Waals surface area contributed by atoms with Crippen LogP contribution in [0.3, 0.4) is 0 Å². The fourth-order valence-corrected chi connectivity index (χ4v) is 0. The number of hydrogen-bond acceptors (Lipinski definition) is 1. The van der Waals surface area contributed by atoms with Crippen molar-refractivity contribution in [3.05, 3.63) is 6.92 Å². The minimum absolute atomic E-state index is 0.366. The fraction of sp³-hybridized carbons (Fsp3) is 0.750. The summed E-state index contributed by atoms with van der Waals surface area (Å²) in [5.74, 6) is 0. The van der Waals surface area contributed by atoms with E-state index in [2.05, 4.69) is 6.92 Å². The van der Waals surface area contributed by atoms with Crippen LogP contribution in [0.15, 0.2) is 0 Å². The lowest BCUT2D eigenvalue weighted by molar-refractivity contribution is 0.216. The molecule has 0 saturated carbocycles. The van der Waals surface area contributed by atoms with E-state index in [0.717, 1.165) is 6.42 Å². The molecule has 0 bridgehead atoms. The Kier molecular flexibility index (Phi) is 2.19. The van der Waals surface area contributed by atoms with Crippen LogP contribution < -0.4 is 0 Å². The van der Waals surface area contributed by atoms with Gasteiger partial charge in [0.05, 0.1) is 6.10 Å². The zero-order valence-corrected chi connectivity index (χ0v) is 3.44. The van der Waals surface area contributed by atoms with Crippen LogP contribution in [0.5, 0.6) is 0 Å². The molecule has 0 aromatic rings. The Morgan fingerprint density at radius 1 is 2.00 bits per heavy atom. The summed E-state index contributed by atoms with van der Waals surface area (Å²) in [6, 6.07) is 0.